The largest absolute Gasteiger partial charge is 0.481 e. The molecule has 0 spiro atoms. The summed E-state index contributed by atoms with van der Waals surface area (Å²) in [5.41, 5.74) is 0.668. The number of nitrogens with zero attached hydrogens (tertiary/aromatic N) is 1. The molecular weight excluding hydrogens is 282 g/mol. The molecule has 1 aromatic rings. The SMILES string of the molecule is CC1CC(C(=O)O)CCN1C(=O)NCc1csc(=O)[nH]1. The molecule has 110 valence electrons. The van der Waals surface area contributed by atoms with Gasteiger partial charge in [0.05, 0.1) is 12.5 Å². The van der Waals surface area contributed by atoms with Crippen LogP contribution in [0.4, 0.5) is 4.79 Å². The van der Waals surface area contributed by atoms with E-state index < -0.39 is 5.97 Å². The summed E-state index contributed by atoms with van der Waals surface area (Å²) in [6.07, 6.45) is 0.945. The van der Waals surface area contributed by atoms with Gasteiger partial charge in [-0.25, -0.2) is 4.79 Å². The molecule has 0 aliphatic carbocycles. The molecule has 0 aromatic carbocycles. The second kappa shape index (κ2) is 6.08. The molecule has 0 saturated carbocycles. The Kier molecular flexibility index (Phi) is 4.43. The lowest BCUT2D eigenvalue weighted by molar-refractivity contribution is -0.143. The van der Waals surface area contributed by atoms with Crippen molar-refractivity contribution >= 4 is 23.3 Å². The summed E-state index contributed by atoms with van der Waals surface area (Å²) in [5.74, 6) is -1.17. The van der Waals surface area contributed by atoms with Crippen LogP contribution in [0.3, 0.4) is 0 Å². The standard InChI is InChI=1S/C12H17N3O4S/c1-7-4-8(10(16)17)2-3-15(7)11(18)13-5-9-6-20-12(19)14-9/h6-8H,2-5H2,1H3,(H,13,18)(H,14,19)(H,16,17). The van der Waals surface area contributed by atoms with E-state index in [0.29, 0.717) is 25.1 Å². The van der Waals surface area contributed by atoms with E-state index in [1.54, 1.807) is 10.3 Å². The maximum atomic E-state index is 12.0. The van der Waals surface area contributed by atoms with Crippen LogP contribution in [0.5, 0.6) is 0 Å². The minimum Gasteiger partial charge on any atom is -0.481 e. The molecule has 0 radical (unpaired) electrons. The van der Waals surface area contributed by atoms with Crippen molar-refractivity contribution in [1.82, 2.24) is 15.2 Å². The van der Waals surface area contributed by atoms with Gasteiger partial charge in [0.15, 0.2) is 0 Å². The Morgan fingerprint density at radius 3 is 2.90 bits per heavy atom. The van der Waals surface area contributed by atoms with Crippen LogP contribution in [-0.4, -0.2) is 39.6 Å². The third kappa shape index (κ3) is 3.38. The van der Waals surface area contributed by atoms with Crippen molar-refractivity contribution in [1.29, 1.82) is 0 Å². The van der Waals surface area contributed by atoms with Gasteiger partial charge in [-0.05, 0) is 19.8 Å². The Balaban J connectivity index is 1.87. The minimum atomic E-state index is -0.798. The normalized spacial score (nSPS) is 22.6. The lowest BCUT2D eigenvalue weighted by Gasteiger charge is -2.36. The number of thiazole rings is 1. The number of H-pyrrole nitrogens is 1. The van der Waals surface area contributed by atoms with Crippen LogP contribution in [-0.2, 0) is 11.3 Å². The van der Waals surface area contributed by atoms with Crippen molar-refractivity contribution in [2.75, 3.05) is 6.54 Å². The molecular formula is C12H17N3O4S. The Hall–Kier alpha value is -1.83. The van der Waals surface area contributed by atoms with Crippen molar-refractivity contribution in [3.63, 3.8) is 0 Å². The topological polar surface area (TPSA) is 102 Å². The molecule has 7 nitrogen and oxygen atoms in total. The summed E-state index contributed by atoms with van der Waals surface area (Å²) in [5, 5.41) is 13.4. The summed E-state index contributed by atoms with van der Waals surface area (Å²) in [4.78, 5) is 38.1. The number of carbonyl (C=O) groups excluding carboxylic acids is 1. The second-order valence-corrected chi connectivity index (χ2v) is 5.78. The molecule has 8 heteroatoms. The van der Waals surface area contributed by atoms with Crippen LogP contribution in [0.15, 0.2) is 10.2 Å². The fourth-order valence-electron chi connectivity index (χ4n) is 2.37. The number of carboxylic acid groups (broad SMARTS) is 1. The molecule has 1 saturated heterocycles. The zero-order valence-electron chi connectivity index (χ0n) is 11.1. The molecule has 1 aliphatic rings. The average molecular weight is 299 g/mol. The zero-order chi connectivity index (χ0) is 14.7. The molecule has 3 N–H and O–H groups in total. The van der Waals surface area contributed by atoms with Gasteiger partial charge in [-0.1, -0.05) is 11.3 Å². The zero-order valence-corrected chi connectivity index (χ0v) is 11.9. The van der Waals surface area contributed by atoms with Gasteiger partial charge < -0.3 is 20.3 Å². The number of carbonyl (C=O) groups is 2. The summed E-state index contributed by atoms with van der Waals surface area (Å²) in [6.45, 7) is 2.55. The number of likely N-dealkylation sites (tertiary alicyclic amines) is 1. The van der Waals surface area contributed by atoms with Gasteiger partial charge in [0.1, 0.15) is 0 Å². The second-order valence-electron chi connectivity index (χ2n) is 4.93. The smallest absolute Gasteiger partial charge is 0.317 e. The van der Waals surface area contributed by atoms with Crippen LogP contribution < -0.4 is 10.2 Å². The van der Waals surface area contributed by atoms with Gasteiger partial charge in [-0.2, -0.15) is 0 Å². The van der Waals surface area contributed by atoms with Crippen LogP contribution in [0.25, 0.3) is 0 Å². The van der Waals surface area contributed by atoms with E-state index in [-0.39, 0.29) is 29.4 Å². The number of piperidine rings is 1. The number of nitrogens with one attached hydrogen (secondary N) is 2. The van der Waals surface area contributed by atoms with Crippen molar-refractivity contribution in [3.8, 4) is 0 Å². The van der Waals surface area contributed by atoms with Gasteiger partial charge in [0, 0.05) is 23.7 Å². The monoisotopic (exact) mass is 299 g/mol. The molecule has 2 heterocycles. The molecule has 2 amide bonds. The number of urea groups is 1. The lowest BCUT2D eigenvalue weighted by Crippen LogP contribution is -2.50. The number of hydrogen-bond acceptors (Lipinski definition) is 4. The number of amides is 2. The number of aliphatic carboxylic acids is 1. The molecule has 2 unspecified atom stereocenters. The van der Waals surface area contributed by atoms with Gasteiger partial charge in [-0.3, -0.25) is 9.59 Å². The van der Waals surface area contributed by atoms with E-state index >= 15 is 0 Å². The summed E-state index contributed by atoms with van der Waals surface area (Å²) < 4.78 is 0. The molecule has 1 aromatic heterocycles. The summed E-state index contributed by atoms with van der Waals surface area (Å²) >= 11 is 1.05. The van der Waals surface area contributed by atoms with Gasteiger partial charge in [0.25, 0.3) is 0 Å². The maximum absolute atomic E-state index is 12.0. The van der Waals surface area contributed by atoms with Gasteiger partial charge in [0.2, 0.25) is 0 Å². The van der Waals surface area contributed by atoms with E-state index in [0.717, 1.165) is 11.3 Å². The third-order valence-corrected chi connectivity index (χ3v) is 4.21. The van der Waals surface area contributed by atoms with E-state index in [1.165, 1.54) is 0 Å². The molecule has 20 heavy (non-hydrogen) atoms. The molecule has 2 rings (SSSR count). The fraction of sp³-hybridized carbons (Fsp3) is 0.583. The van der Waals surface area contributed by atoms with E-state index in [1.807, 2.05) is 6.92 Å². The first-order chi connectivity index (χ1) is 9.47. The predicted molar refractivity (Wildman–Crippen MR) is 73.7 cm³/mol. The quantitative estimate of drug-likeness (QED) is 0.769. The number of aromatic nitrogens is 1. The first-order valence-electron chi connectivity index (χ1n) is 6.41. The fourth-order valence-corrected chi connectivity index (χ4v) is 2.95. The Morgan fingerprint density at radius 1 is 1.60 bits per heavy atom. The van der Waals surface area contributed by atoms with Crippen molar-refractivity contribution in [3.05, 3.63) is 20.7 Å². The van der Waals surface area contributed by atoms with Crippen LogP contribution >= 0.6 is 11.3 Å². The first kappa shape index (κ1) is 14.6. The highest BCUT2D eigenvalue weighted by Crippen LogP contribution is 2.22. The van der Waals surface area contributed by atoms with Crippen molar-refractivity contribution < 1.29 is 14.7 Å². The lowest BCUT2D eigenvalue weighted by atomic mass is 9.92. The highest BCUT2D eigenvalue weighted by Gasteiger charge is 2.32. The summed E-state index contributed by atoms with van der Waals surface area (Å²) in [6, 6.07) is -0.334. The number of carboxylic acids is 1. The molecule has 1 aliphatic heterocycles. The highest BCUT2D eigenvalue weighted by molar-refractivity contribution is 7.07. The Labute approximate surface area is 119 Å². The number of aromatic amines is 1. The Bertz CT molecular complexity index is 553. The van der Waals surface area contributed by atoms with Crippen LogP contribution in [0.2, 0.25) is 0 Å². The van der Waals surface area contributed by atoms with Crippen LogP contribution in [0.1, 0.15) is 25.5 Å². The molecule has 0 bridgehead atoms. The number of rotatable bonds is 3. The predicted octanol–water partition coefficient (Wildman–Crippen LogP) is 0.831. The van der Waals surface area contributed by atoms with Gasteiger partial charge in [-0.15, -0.1) is 0 Å². The summed E-state index contributed by atoms with van der Waals surface area (Å²) in [7, 11) is 0. The minimum absolute atomic E-state index is 0.105. The van der Waals surface area contributed by atoms with E-state index in [4.69, 9.17) is 5.11 Å². The number of hydrogen-bond donors (Lipinski definition) is 3. The molecule has 1 fully saturated rings. The first-order valence-corrected chi connectivity index (χ1v) is 7.29. The van der Waals surface area contributed by atoms with Crippen molar-refractivity contribution in [2.45, 2.75) is 32.4 Å². The van der Waals surface area contributed by atoms with Crippen molar-refractivity contribution in [2.24, 2.45) is 5.92 Å². The van der Waals surface area contributed by atoms with Crippen LogP contribution in [0, 0.1) is 5.92 Å². The maximum Gasteiger partial charge on any atom is 0.317 e. The Morgan fingerprint density at radius 2 is 2.35 bits per heavy atom. The van der Waals surface area contributed by atoms with Gasteiger partial charge >= 0.3 is 16.9 Å². The highest BCUT2D eigenvalue weighted by atomic mass is 32.1. The average Bonchev–Trinajstić information content (AvgIpc) is 2.81. The van der Waals surface area contributed by atoms with E-state index in [9.17, 15) is 14.4 Å². The third-order valence-electron chi connectivity index (χ3n) is 3.49. The molecule has 2 atom stereocenters. The van der Waals surface area contributed by atoms with E-state index in [2.05, 4.69) is 10.3 Å².